The Balaban J connectivity index is 2.53. The van der Waals surface area contributed by atoms with Crippen molar-refractivity contribution in [2.45, 2.75) is 18.0 Å². The third-order valence-corrected chi connectivity index (χ3v) is 3.61. The molecule has 0 saturated carbocycles. The van der Waals surface area contributed by atoms with Crippen molar-refractivity contribution in [3.05, 3.63) is 60.2 Å². The lowest BCUT2D eigenvalue weighted by molar-refractivity contribution is -0.294. The first-order valence-corrected chi connectivity index (χ1v) is 7.44. The Morgan fingerprint density at radius 2 is 1.37 bits per heavy atom. The zero-order valence-corrected chi connectivity index (χ0v) is 13.8. The van der Waals surface area contributed by atoms with E-state index in [1.807, 2.05) is 0 Å². The second-order valence-corrected chi connectivity index (χ2v) is 5.39. The predicted octanol–water partition coefficient (Wildman–Crippen LogP) is 4.36. The Morgan fingerprint density at radius 3 is 1.89 bits per heavy atom. The molecule has 2 N–H and O–H groups in total. The van der Waals surface area contributed by atoms with Gasteiger partial charge in [0.2, 0.25) is 0 Å². The van der Waals surface area contributed by atoms with Crippen LogP contribution in [-0.2, 0) is 0 Å². The molecule has 2 aromatic carbocycles. The number of methoxy groups -OCH3 is 1. The van der Waals surface area contributed by atoms with Crippen LogP contribution < -0.4 is 15.4 Å². The summed E-state index contributed by atoms with van der Waals surface area (Å²) in [7, 11) is 1.13. The van der Waals surface area contributed by atoms with Crippen LogP contribution in [0.25, 0.3) is 0 Å². The van der Waals surface area contributed by atoms with Crippen molar-refractivity contribution in [1.29, 1.82) is 0 Å². The van der Waals surface area contributed by atoms with E-state index in [2.05, 4.69) is 0 Å². The highest BCUT2D eigenvalue weighted by atomic mass is 19.4. The molecule has 0 unspecified atom stereocenters. The van der Waals surface area contributed by atoms with E-state index in [1.165, 1.54) is 41.7 Å². The first kappa shape index (κ1) is 20.4. The molecule has 0 saturated heterocycles. The minimum absolute atomic E-state index is 0.173. The normalized spacial score (nSPS) is 12.4. The van der Waals surface area contributed by atoms with Gasteiger partial charge in [-0.1, -0.05) is 30.3 Å². The molecule has 4 nitrogen and oxygen atoms in total. The fraction of sp³-hybridized carbons (Fsp3) is 0.235. The molecule has 1 amide bonds. The standard InChI is InChI=1S/C17H14F6N2O2/c1-27-13-10-6-5-9-12(13)14(26)25-15(16(18,19)20,17(21,22)23)24-11-7-3-2-4-8-11/h2-10,24H,1H3,(H,25,26). The van der Waals surface area contributed by atoms with E-state index in [-0.39, 0.29) is 5.75 Å². The number of anilines is 1. The Kier molecular flexibility index (Phi) is 5.57. The number of amides is 1. The lowest BCUT2D eigenvalue weighted by Crippen LogP contribution is -2.72. The van der Waals surface area contributed by atoms with E-state index in [4.69, 9.17) is 4.74 Å². The second kappa shape index (κ2) is 7.37. The van der Waals surface area contributed by atoms with Gasteiger partial charge in [0.25, 0.3) is 5.91 Å². The molecule has 0 fully saturated rings. The fourth-order valence-electron chi connectivity index (χ4n) is 2.28. The molecule has 27 heavy (non-hydrogen) atoms. The van der Waals surface area contributed by atoms with Gasteiger partial charge in [-0.05, 0) is 24.3 Å². The summed E-state index contributed by atoms with van der Waals surface area (Å²) in [5, 5.41) is 2.46. The number of nitrogens with one attached hydrogen (secondary N) is 2. The Morgan fingerprint density at radius 1 is 0.852 bits per heavy atom. The van der Waals surface area contributed by atoms with E-state index in [9.17, 15) is 31.1 Å². The van der Waals surface area contributed by atoms with Gasteiger partial charge in [-0.3, -0.25) is 4.79 Å². The van der Waals surface area contributed by atoms with Crippen molar-refractivity contribution in [2.24, 2.45) is 0 Å². The number of rotatable bonds is 5. The van der Waals surface area contributed by atoms with Crippen molar-refractivity contribution in [1.82, 2.24) is 5.32 Å². The minimum atomic E-state index is -5.90. The number of ether oxygens (including phenoxy) is 1. The molecule has 2 rings (SSSR count). The lowest BCUT2D eigenvalue weighted by atomic mass is 10.1. The Labute approximate surface area is 150 Å². The van der Waals surface area contributed by atoms with Crippen molar-refractivity contribution in [2.75, 3.05) is 12.4 Å². The van der Waals surface area contributed by atoms with Crippen LogP contribution in [0.1, 0.15) is 10.4 Å². The molecule has 0 atom stereocenters. The summed E-state index contributed by atoms with van der Waals surface area (Å²) in [6, 6.07) is 10.9. The van der Waals surface area contributed by atoms with Crippen LogP contribution in [-0.4, -0.2) is 31.0 Å². The number of alkyl halides is 6. The maximum Gasteiger partial charge on any atom is 0.439 e. The highest BCUT2D eigenvalue weighted by molar-refractivity contribution is 5.97. The molecule has 0 heterocycles. The third kappa shape index (κ3) is 4.09. The smallest absolute Gasteiger partial charge is 0.439 e. The van der Waals surface area contributed by atoms with Crippen LogP contribution in [0, 0.1) is 0 Å². The van der Waals surface area contributed by atoms with Gasteiger partial charge >= 0.3 is 18.0 Å². The molecular weight excluding hydrogens is 378 g/mol. The van der Waals surface area contributed by atoms with Crippen molar-refractivity contribution < 1.29 is 35.9 Å². The Bertz CT molecular complexity index is 776. The fourth-order valence-corrected chi connectivity index (χ4v) is 2.28. The molecule has 0 aliphatic rings. The monoisotopic (exact) mass is 392 g/mol. The number of hydrogen-bond acceptors (Lipinski definition) is 3. The highest BCUT2D eigenvalue weighted by Gasteiger charge is 2.72. The summed E-state index contributed by atoms with van der Waals surface area (Å²) in [4.78, 5) is 12.3. The van der Waals surface area contributed by atoms with Crippen LogP contribution in [0.5, 0.6) is 5.75 Å². The molecule has 10 heteroatoms. The van der Waals surface area contributed by atoms with Crippen molar-refractivity contribution in [3.63, 3.8) is 0 Å². The van der Waals surface area contributed by atoms with E-state index < -0.39 is 35.2 Å². The largest absolute Gasteiger partial charge is 0.496 e. The first-order valence-electron chi connectivity index (χ1n) is 7.44. The third-order valence-electron chi connectivity index (χ3n) is 3.61. The van der Waals surface area contributed by atoms with Gasteiger partial charge < -0.3 is 15.4 Å². The molecule has 0 aromatic heterocycles. The summed E-state index contributed by atoms with van der Waals surface area (Å²) >= 11 is 0. The molecule has 2 aromatic rings. The number of hydrogen-bond donors (Lipinski definition) is 2. The zero-order valence-electron chi connectivity index (χ0n) is 13.8. The van der Waals surface area contributed by atoms with E-state index in [0.29, 0.717) is 0 Å². The first-order chi connectivity index (χ1) is 12.5. The van der Waals surface area contributed by atoms with Crippen LogP contribution >= 0.6 is 0 Å². The van der Waals surface area contributed by atoms with Crippen LogP contribution in [0.15, 0.2) is 54.6 Å². The van der Waals surface area contributed by atoms with Gasteiger partial charge in [-0.25, -0.2) is 0 Å². The maximum atomic E-state index is 13.6. The quantitative estimate of drug-likeness (QED) is 0.587. The topological polar surface area (TPSA) is 50.4 Å². The molecular formula is C17H14F6N2O2. The number of benzene rings is 2. The van der Waals surface area contributed by atoms with Gasteiger partial charge in [0.05, 0.1) is 12.7 Å². The number of carbonyl (C=O) groups excluding carboxylic acids is 1. The number of carbonyl (C=O) groups is 1. The highest BCUT2D eigenvalue weighted by Crippen LogP contribution is 2.43. The summed E-state index contributed by atoms with van der Waals surface area (Å²) in [6.07, 6.45) is -11.8. The molecule has 146 valence electrons. The van der Waals surface area contributed by atoms with Gasteiger partial charge in [0.15, 0.2) is 0 Å². The van der Waals surface area contributed by atoms with Gasteiger partial charge in [-0.2, -0.15) is 26.3 Å². The summed E-state index contributed by atoms with van der Waals surface area (Å²) in [5.74, 6) is -1.78. The second-order valence-electron chi connectivity index (χ2n) is 5.39. The van der Waals surface area contributed by atoms with Gasteiger partial charge in [0, 0.05) is 5.69 Å². The lowest BCUT2D eigenvalue weighted by Gasteiger charge is -2.39. The molecule has 0 aliphatic heterocycles. The average Bonchev–Trinajstić information content (AvgIpc) is 2.60. The van der Waals surface area contributed by atoms with Gasteiger partial charge in [-0.15, -0.1) is 0 Å². The zero-order chi connectivity index (χ0) is 20.3. The summed E-state index contributed by atoms with van der Waals surface area (Å²) in [6.45, 7) is 0. The number of halogens is 6. The Hall–Kier alpha value is -2.91. The molecule has 0 radical (unpaired) electrons. The molecule has 0 spiro atoms. The van der Waals surface area contributed by atoms with E-state index in [1.54, 1.807) is 0 Å². The average molecular weight is 392 g/mol. The summed E-state index contributed by atoms with van der Waals surface area (Å²) < 4.78 is 86.3. The summed E-state index contributed by atoms with van der Waals surface area (Å²) in [5.41, 5.74) is -5.67. The predicted molar refractivity (Wildman–Crippen MR) is 85.4 cm³/mol. The molecule has 0 aliphatic carbocycles. The van der Waals surface area contributed by atoms with Crippen molar-refractivity contribution >= 4 is 11.6 Å². The number of para-hydroxylation sites is 2. The van der Waals surface area contributed by atoms with E-state index in [0.717, 1.165) is 30.6 Å². The van der Waals surface area contributed by atoms with E-state index >= 15 is 0 Å². The van der Waals surface area contributed by atoms with Gasteiger partial charge in [0.1, 0.15) is 5.75 Å². The molecule has 0 bridgehead atoms. The SMILES string of the molecule is COc1ccccc1C(=O)NC(Nc1ccccc1)(C(F)(F)F)C(F)(F)F. The van der Waals surface area contributed by atoms with Crippen LogP contribution in [0.4, 0.5) is 32.0 Å². The van der Waals surface area contributed by atoms with Crippen LogP contribution in [0.3, 0.4) is 0 Å². The maximum absolute atomic E-state index is 13.6. The van der Waals surface area contributed by atoms with Crippen LogP contribution in [0.2, 0.25) is 0 Å². The van der Waals surface area contributed by atoms with Crippen molar-refractivity contribution in [3.8, 4) is 5.75 Å². The minimum Gasteiger partial charge on any atom is -0.496 e.